The molecule has 0 fully saturated rings. The van der Waals surface area contributed by atoms with Crippen molar-refractivity contribution in [3.63, 3.8) is 0 Å². The van der Waals surface area contributed by atoms with Gasteiger partial charge in [-0.05, 0) is 81.0 Å². The number of benzene rings is 1. The maximum absolute atomic E-state index is 11.0. The van der Waals surface area contributed by atoms with Crippen molar-refractivity contribution in [1.29, 1.82) is 0 Å². The molecule has 0 radical (unpaired) electrons. The van der Waals surface area contributed by atoms with Crippen molar-refractivity contribution >= 4 is 11.9 Å². The molecule has 0 unspecified atom stereocenters. The Morgan fingerprint density at radius 3 is 1.56 bits per heavy atom. The van der Waals surface area contributed by atoms with Gasteiger partial charge in [-0.15, -0.1) is 0 Å². The molecule has 0 aliphatic heterocycles. The highest BCUT2D eigenvalue weighted by Crippen LogP contribution is 2.26. The van der Waals surface area contributed by atoms with Crippen LogP contribution in [0.2, 0.25) is 0 Å². The molecule has 1 aromatic rings. The van der Waals surface area contributed by atoms with Crippen LogP contribution in [0, 0.1) is 34.6 Å². The lowest BCUT2D eigenvalue weighted by atomic mass is 9.89. The van der Waals surface area contributed by atoms with E-state index in [-0.39, 0.29) is 5.78 Å². The molecule has 0 atom stereocenters. The molecule has 0 aliphatic rings. The summed E-state index contributed by atoms with van der Waals surface area (Å²) in [6.07, 6.45) is 3.58. The summed E-state index contributed by atoms with van der Waals surface area (Å²) < 4.78 is 0. The van der Waals surface area contributed by atoms with E-state index < -0.39 is 0 Å². The predicted molar refractivity (Wildman–Crippen MR) is 69.8 cm³/mol. The van der Waals surface area contributed by atoms with Crippen molar-refractivity contribution in [1.82, 2.24) is 0 Å². The number of carbonyl (C=O) groups excluding carboxylic acids is 1. The van der Waals surface area contributed by atoms with Crippen LogP contribution in [0.3, 0.4) is 0 Å². The number of hydrogen-bond donors (Lipinski definition) is 0. The zero-order chi connectivity index (χ0) is 12.5. The van der Waals surface area contributed by atoms with Gasteiger partial charge in [0.2, 0.25) is 0 Å². The Morgan fingerprint density at radius 2 is 1.19 bits per heavy atom. The van der Waals surface area contributed by atoms with Gasteiger partial charge in [0.05, 0.1) is 0 Å². The molecule has 0 saturated heterocycles. The van der Waals surface area contributed by atoms with Gasteiger partial charge in [-0.25, -0.2) is 0 Å². The Morgan fingerprint density at radius 1 is 0.812 bits per heavy atom. The summed E-state index contributed by atoms with van der Waals surface area (Å²) in [5.74, 6) is 0.0923. The quantitative estimate of drug-likeness (QED) is 0.687. The summed E-state index contributed by atoms with van der Waals surface area (Å²) in [5.41, 5.74) is 7.75. The first kappa shape index (κ1) is 12.7. The SMILES string of the molecule is CC(=O)C=Cc1c(C)c(C)c(C)c(C)c1C. The second kappa shape index (κ2) is 4.65. The fourth-order valence-corrected chi connectivity index (χ4v) is 1.98. The number of rotatable bonds is 2. The van der Waals surface area contributed by atoms with Gasteiger partial charge in [-0.1, -0.05) is 6.08 Å². The highest BCUT2D eigenvalue weighted by atomic mass is 16.1. The van der Waals surface area contributed by atoms with Crippen molar-refractivity contribution in [2.24, 2.45) is 0 Å². The number of allylic oxidation sites excluding steroid dienone is 1. The number of hydrogen-bond acceptors (Lipinski definition) is 1. The van der Waals surface area contributed by atoms with Crippen LogP contribution in [-0.4, -0.2) is 5.78 Å². The lowest BCUT2D eigenvalue weighted by Gasteiger charge is -2.16. The Bertz CT molecular complexity index is 436. The molecule has 0 heterocycles. The van der Waals surface area contributed by atoms with E-state index in [0.717, 1.165) is 0 Å². The molecule has 0 N–H and O–H groups in total. The fourth-order valence-electron chi connectivity index (χ4n) is 1.98. The number of ketones is 1. The molecule has 1 rings (SSSR count). The van der Waals surface area contributed by atoms with Crippen LogP contribution < -0.4 is 0 Å². The van der Waals surface area contributed by atoms with E-state index in [0.29, 0.717) is 0 Å². The zero-order valence-corrected chi connectivity index (χ0v) is 11.1. The topological polar surface area (TPSA) is 17.1 Å². The van der Waals surface area contributed by atoms with Crippen LogP contribution in [0.4, 0.5) is 0 Å². The Hall–Kier alpha value is -1.37. The minimum Gasteiger partial charge on any atom is -0.295 e. The maximum Gasteiger partial charge on any atom is 0.152 e. The number of carbonyl (C=O) groups is 1. The van der Waals surface area contributed by atoms with Gasteiger partial charge in [0.25, 0.3) is 0 Å². The molecule has 0 aromatic heterocycles. The van der Waals surface area contributed by atoms with Gasteiger partial charge >= 0.3 is 0 Å². The van der Waals surface area contributed by atoms with Crippen LogP contribution in [-0.2, 0) is 4.79 Å². The third kappa shape index (κ3) is 2.24. The molecule has 0 aliphatic carbocycles. The van der Waals surface area contributed by atoms with Crippen molar-refractivity contribution in [3.8, 4) is 0 Å². The molecular formula is C15H20O. The smallest absolute Gasteiger partial charge is 0.152 e. The van der Waals surface area contributed by atoms with E-state index in [1.165, 1.54) is 33.4 Å². The normalized spacial score (nSPS) is 11.1. The minimum absolute atomic E-state index is 0.0923. The first-order valence-corrected chi connectivity index (χ1v) is 5.61. The largest absolute Gasteiger partial charge is 0.295 e. The van der Waals surface area contributed by atoms with E-state index in [1.807, 2.05) is 6.08 Å². The molecule has 0 bridgehead atoms. The van der Waals surface area contributed by atoms with E-state index in [9.17, 15) is 4.79 Å². The second-order valence-electron chi connectivity index (χ2n) is 4.48. The van der Waals surface area contributed by atoms with Crippen LogP contribution in [0.25, 0.3) is 6.08 Å². The maximum atomic E-state index is 11.0. The predicted octanol–water partition coefficient (Wildman–Crippen LogP) is 3.83. The molecule has 1 aromatic carbocycles. The van der Waals surface area contributed by atoms with E-state index in [2.05, 4.69) is 34.6 Å². The molecule has 0 saturated carbocycles. The third-order valence-electron chi connectivity index (χ3n) is 3.54. The van der Waals surface area contributed by atoms with E-state index >= 15 is 0 Å². The molecule has 0 spiro atoms. The average molecular weight is 216 g/mol. The minimum atomic E-state index is 0.0923. The third-order valence-corrected chi connectivity index (χ3v) is 3.54. The summed E-state index contributed by atoms with van der Waals surface area (Å²) in [6, 6.07) is 0. The van der Waals surface area contributed by atoms with Gasteiger partial charge in [0, 0.05) is 0 Å². The highest BCUT2D eigenvalue weighted by molar-refractivity contribution is 5.92. The monoisotopic (exact) mass is 216 g/mol. The van der Waals surface area contributed by atoms with Crippen molar-refractivity contribution in [3.05, 3.63) is 39.5 Å². The van der Waals surface area contributed by atoms with E-state index in [1.54, 1.807) is 13.0 Å². The van der Waals surface area contributed by atoms with Crippen LogP contribution in [0.1, 0.15) is 40.3 Å². The van der Waals surface area contributed by atoms with Crippen LogP contribution >= 0.6 is 0 Å². The summed E-state index contributed by atoms with van der Waals surface area (Å²) in [5, 5.41) is 0. The Balaban J connectivity index is 3.45. The fraction of sp³-hybridized carbons (Fsp3) is 0.400. The average Bonchev–Trinajstić information content (AvgIpc) is 2.23. The van der Waals surface area contributed by atoms with E-state index in [4.69, 9.17) is 0 Å². The van der Waals surface area contributed by atoms with Crippen LogP contribution in [0.5, 0.6) is 0 Å². The van der Waals surface area contributed by atoms with Gasteiger partial charge in [0.15, 0.2) is 5.78 Å². The van der Waals surface area contributed by atoms with Crippen molar-refractivity contribution in [2.75, 3.05) is 0 Å². The van der Waals surface area contributed by atoms with Crippen molar-refractivity contribution in [2.45, 2.75) is 41.5 Å². The lowest BCUT2D eigenvalue weighted by Crippen LogP contribution is -1.99. The second-order valence-corrected chi connectivity index (χ2v) is 4.48. The highest BCUT2D eigenvalue weighted by Gasteiger charge is 2.09. The van der Waals surface area contributed by atoms with Crippen molar-refractivity contribution < 1.29 is 4.79 Å². The zero-order valence-electron chi connectivity index (χ0n) is 11.1. The van der Waals surface area contributed by atoms with Gasteiger partial charge in [-0.2, -0.15) is 0 Å². The molecule has 1 nitrogen and oxygen atoms in total. The summed E-state index contributed by atoms with van der Waals surface area (Å²) in [4.78, 5) is 11.0. The first-order valence-electron chi connectivity index (χ1n) is 5.61. The standard InChI is InChI=1S/C15H20O/c1-9(16)7-8-15-13(5)11(3)10(2)12(4)14(15)6/h7-8H,1-6H3. The Labute approximate surface area is 98.2 Å². The molecule has 86 valence electrons. The first-order chi connectivity index (χ1) is 7.36. The van der Waals surface area contributed by atoms with Gasteiger partial charge in [0.1, 0.15) is 0 Å². The Kier molecular flexibility index (Phi) is 3.69. The molecule has 1 heteroatoms. The molecular weight excluding hydrogens is 196 g/mol. The van der Waals surface area contributed by atoms with Gasteiger partial charge in [-0.3, -0.25) is 4.79 Å². The summed E-state index contributed by atoms with van der Waals surface area (Å²) >= 11 is 0. The summed E-state index contributed by atoms with van der Waals surface area (Å²) in [7, 11) is 0. The molecule has 0 amide bonds. The van der Waals surface area contributed by atoms with Crippen LogP contribution in [0.15, 0.2) is 6.08 Å². The lowest BCUT2D eigenvalue weighted by molar-refractivity contribution is -0.112. The summed E-state index contributed by atoms with van der Waals surface area (Å²) in [6.45, 7) is 12.3. The van der Waals surface area contributed by atoms with Gasteiger partial charge < -0.3 is 0 Å². The molecule has 16 heavy (non-hydrogen) atoms.